The van der Waals surface area contributed by atoms with Gasteiger partial charge in [-0.05, 0) is 30.4 Å². The van der Waals surface area contributed by atoms with Crippen molar-refractivity contribution in [1.82, 2.24) is 10.6 Å². The van der Waals surface area contributed by atoms with Crippen molar-refractivity contribution in [1.29, 1.82) is 0 Å². The molecule has 0 aliphatic carbocycles. The van der Waals surface area contributed by atoms with Gasteiger partial charge in [0.15, 0.2) is 5.11 Å². The molecule has 2 aromatic carbocycles. The molecule has 0 radical (unpaired) electrons. The van der Waals surface area contributed by atoms with Crippen LogP contribution in [-0.2, 0) is 0 Å². The van der Waals surface area contributed by atoms with E-state index in [1.54, 1.807) is 36.4 Å². The van der Waals surface area contributed by atoms with Gasteiger partial charge in [0.25, 0.3) is 5.91 Å². The number of alkyl halides is 3. The Labute approximate surface area is 175 Å². The number of carboxylic acids is 1. The molecule has 0 saturated heterocycles. The molecule has 2 rings (SSSR count). The maximum absolute atomic E-state index is 12.3. The van der Waals surface area contributed by atoms with E-state index in [-0.39, 0.29) is 16.4 Å². The first-order chi connectivity index (χ1) is 12.7. The van der Waals surface area contributed by atoms with Crippen LogP contribution in [0.25, 0.3) is 0 Å². The number of benzene rings is 2. The van der Waals surface area contributed by atoms with E-state index in [1.165, 1.54) is 18.2 Å². The van der Waals surface area contributed by atoms with Crippen LogP contribution in [0.4, 0.5) is 5.69 Å². The summed E-state index contributed by atoms with van der Waals surface area (Å²) in [6, 6.07) is 14.3. The number of anilines is 1. The number of amides is 1. The topological polar surface area (TPSA) is 93.3 Å². The van der Waals surface area contributed by atoms with Crippen LogP contribution >= 0.6 is 47.0 Å². The van der Waals surface area contributed by atoms with Gasteiger partial charge >= 0.3 is 0 Å². The summed E-state index contributed by atoms with van der Waals surface area (Å²) in [5, 5.41) is 18.9. The van der Waals surface area contributed by atoms with Gasteiger partial charge < -0.3 is 25.9 Å². The molecule has 3 N–H and O–H groups in total. The lowest BCUT2D eigenvalue weighted by atomic mass is 10.2. The van der Waals surface area contributed by atoms with Crippen molar-refractivity contribution in [3.63, 3.8) is 0 Å². The summed E-state index contributed by atoms with van der Waals surface area (Å²) in [5.74, 6) is -1.87. The minimum Gasteiger partial charge on any atom is -0.545 e. The van der Waals surface area contributed by atoms with Crippen molar-refractivity contribution in [2.75, 3.05) is 5.32 Å². The first-order valence-corrected chi connectivity index (χ1v) is 9.03. The van der Waals surface area contributed by atoms with E-state index in [1.807, 2.05) is 0 Å². The highest BCUT2D eigenvalue weighted by atomic mass is 35.6. The molecule has 142 valence electrons. The zero-order chi connectivity index (χ0) is 20.0. The molecule has 0 aliphatic heterocycles. The Morgan fingerprint density at radius 3 is 2.15 bits per heavy atom. The van der Waals surface area contributed by atoms with Crippen molar-refractivity contribution in [2.45, 2.75) is 9.96 Å². The molecule has 0 saturated carbocycles. The SMILES string of the molecule is O=C(NC(NC(=S)Nc1ccccc1C(=O)[O-])C(Cl)(Cl)Cl)c1ccccc1. The van der Waals surface area contributed by atoms with Crippen molar-refractivity contribution >= 4 is 69.7 Å². The van der Waals surface area contributed by atoms with E-state index < -0.39 is 21.8 Å². The number of carboxylic acid groups (broad SMARTS) is 1. The second-order valence-electron chi connectivity index (χ2n) is 5.25. The number of aromatic carboxylic acids is 1. The van der Waals surface area contributed by atoms with E-state index in [9.17, 15) is 14.7 Å². The summed E-state index contributed by atoms with van der Waals surface area (Å²) in [6.45, 7) is 0. The smallest absolute Gasteiger partial charge is 0.252 e. The number of hydrogen-bond acceptors (Lipinski definition) is 4. The quantitative estimate of drug-likeness (QED) is 0.372. The first kappa shape index (κ1) is 21.2. The Hall–Kier alpha value is -2.06. The molecule has 1 amide bonds. The summed E-state index contributed by atoms with van der Waals surface area (Å²) < 4.78 is -1.94. The fourth-order valence-electron chi connectivity index (χ4n) is 2.06. The van der Waals surface area contributed by atoms with E-state index in [4.69, 9.17) is 47.0 Å². The minimum absolute atomic E-state index is 0.0617. The molecule has 10 heteroatoms. The Bertz CT molecular complexity index is 844. The van der Waals surface area contributed by atoms with Crippen molar-refractivity contribution < 1.29 is 14.7 Å². The largest absolute Gasteiger partial charge is 0.545 e. The van der Waals surface area contributed by atoms with Gasteiger partial charge in [0.2, 0.25) is 3.79 Å². The van der Waals surface area contributed by atoms with Crippen LogP contribution in [-0.4, -0.2) is 26.9 Å². The van der Waals surface area contributed by atoms with Crippen molar-refractivity contribution in [2.24, 2.45) is 0 Å². The Morgan fingerprint density at radius 2 is 1.56 bits per heavy atom. The zero-order valence-electron chi connectivity index (χ0n) is 13.5. The average molecular weight is 446 g/mol. The Balaban J connectivity index is 2.11. The minimum atomic E-state index is -1.94. The number of para-hydroxylation sites is 1. The summed E-state index contributed by atoms with van der Waals surface area (Å²) >= 11 is 22.9. The standard InChI is InChI=1S/C17H14Cl3N3O3S/c18-17(19,20)15(22-13(24)10-6-2-1-3-7-10)23-16(27)21-12-9-5-4-8-11(12)14(25)26/h1-9,15H,(H,22,24)(H,25,26)(H2,21,23,27)/p-1. The number of rotatable bonds is 5. The highest BCUT2D eigenvalue weighted by Crippen LogP contribution is 2.29. The van der Waals surface area contributed by atoms with Crippen LogP contribution in [0.15, 0.2) is 54.6 Å². The van der Waals surface area contributed by atoms with Crippen LogP contribution in [0, 0.1) is 0 Å². The van der Waals surface area contributed by atoms with Crippen LogP contribution in [0.1, 0.15) is 20.7 Å². The van der Waals surface area contributed by atoms with Gasteiger partial charge in [-0.2, -0.15) is 0 Å². The molecule has 0 fully saturated rings. The molecular formula is C17H13Cl3N3O3S-. The van der Waals surface area contributed by atoms with Gasteiger partial charge in [-0.15, -0.1) is 0 Å². The third kappa shape index (κ3) is 6.25. The molecule has 27 heavy (non-hydrogen) atoms. The highest BCUT2D eigenvalue weighted by molar-refractivity contribution is 7.80. The molecular weight excluding hydrogens is 433 g/mol. The predicted molar refractivity (Wildman–Crippen MR) is 108 cm³/mol. The van der Waals surface area contributed by atoms with Crippen LogP contribution in [0.3, 0.4) is 0 Å². The number of halogens is 3. The maximum Gasteiger partial charge on any atom is 0.252 e. The highest BCUT2D eigenvalue weighted by Gasteiger charge is 2.34. The van der Waals surface area contributed by atoms with Crippen LogP contribution in [0.2, 0.25) is 0 Å². The van der Waals surface area contributed by atoms with Gasteiger partial charge in [0.05, 0.1) is 5.97 Å². The summed E-state index contributed by atoms with van der Waals surface area (Å²) in [6.07, 6.45) is -1.19. The lowest BCUT2D eigenvalue weighted by Crippen LogP contribution is -2.56. The fraction of sp³-hybridized carbons (Fsp3) is 0.118. The maximum atomic E-state index is 12.3. The van der Waals surface area contributed by atoms with Gasteiger partial charge in [0, 0.05) is 16.8 Å². The lowest BCUT2D eigenvalue weighted by Gasteiger charge is -2.28. The second-order valence-corrected chi connectivity index (χ2v) is 8.02. The van der Waals surface area contributed by atoms with Crippen molar-refractivity contribution in [3.05, 3.63) is 65.7 Å². The number of nitrogens with one attached hydrogen (secondary N) is 3. The predicted octanol–water partition coefficient (Wildman–Crippen LogP) is 2.46. The number of thiocarbonyl (C=S) groups is 1. The van der Waals surface area contributed by atoms with E-state index in [0.29, 0.717) is 5.56 Å². The molecule has 0 aromatic heterocycles. The van der Waals surface area contributed by atoms with E-state index >= 15 is 0 Å². The van der Waals surface area contributed by atoms with Gasteiger partial charge in [0.1, 0.15) is 6.17 Å². The van der Waals surface area contributed by atoms with Crippen molar-refractivity contribution in [3.8, 4) is 0 Å². The van der Waals surface area contributed by atoms with E-state index in [0.717, 1.165) is 0 Å². The molecule has 6 nitrogen and oxygen atoms in total. The Kier molecular flexibility index (Phi) is 7.26. The molecule has 0 heterocycles. The van der Waals surface area contributed by atoms with Crippen LogP contribution < -0.4 is 21.1 Å². The zero-order valence-corrected chi connectivity index (χ0v) is 16.6. The third-order valence-electron chi connectivity index (χ3n) is 3.31. The molecule has 1 atom stereocenters. The summed E-state index contributed by atoms with van der Waals surface area (Å²) in [4.78, 5) is 23.5. The van der Waals surface area contributed by atoms with Gasteiger partial charge in [-0.1, -0.05) is 71.2 Å². The number of hydrogen-bond donors (Lipinski definition) is 3. The van der Waals surface area contributed by atoms with Crippen LogP contribution in [0.5, 0.6) is 0 Å². The number of carbonyl (C=O) groups is 2. The monoisotopic (exact) mass is 444 g/mol. The fourth-order valence-corrected chi connectivity index (χ4v) is 2.62. The second kappa shape index (κ2) is 9.23. The van der Waals surface area contributed by atoms with Gasteiger partial charge in [-0.3, -0.25) is 4.79 Å². The lowest BCUT2D eigenvalue weighted by molar-refractivity contribution is -0.254. The summed E-state index contributed by atoms with van der Waals surface area (Å²) in [5.41, 5.74) is 0.451. The number of carbonyl (C=O) groups excluding carboxylic acids is 2. The molecule has 0 aliphatic rings. The normalized spacial score (nSPS) is 12.0. The molecule has 0 bridgehead atoms. The third-order valence-corrected chi connectivity index (χ3v) is 4.18. The summed E-state index contributed by atoms with van der Waals surface area (Å²) in [7, 11) is 0. The first-order valence-electron chi connectivity index (χ1n) is 7.49. The van der Waals surface area contributed by atoms with Gasteiger partial charge in [-0.25, -0.2) is 0 Å². The Morgan fingerprint density at radius 1 is 0.963 bits per heavy atom. The van der Waals surface area contributed by atoms with E-state index in [2.05, 4.69) is 16.0 Å². The molecule has 2 aromatic rings. The molecule has 1 unspecified atom stereocenters. The average Bonchev–Trinajstić information content (AvgIpc) is 2.61. The molecule has 0 spiro atoms.